The van der Waals surface area contributed by atoms with Crippen molar-refractivity contribution in [1.82, 2.24) is 4.98 Å². The standard InChI is InChI=1S/C28H23N3O4/c1-4-13-30-20-8-6-5-7-19(20)28(27(30)34)23-24(32)18-14-16(2)9-10-21(18)35-25(23)26(33)31(28)22-15-17(3)11-12-29-22/h5-12,14-15H,4,13H2,1-3H3. The number of aryl methyl sites for hydroxylation is 2. The van der Waals surface area contributed by atoms with Crippen LogP contribution in [0.15, 0.2) is 70.0 Å². The summed E-state index contributed by atoms with van der Waals surface area (Å²) in [4.78, 5) is 50.1. The van der Waals surface area contributed by atoms with E-state index < -0.39 is 11.4 Å². The Morgan fingerprint density at radius 3 is 2.51 bits per heavy atom. The zero-order valence-electron chi connectivity index (χ0n) is 19.7. The van der Waals surface area contributed by atoms with Crippen LogP contribution >= 0.6 is 0 Å². The van der Waals surface area contributed by atoms with Gasteiger partial charge in [-0.05, 0) is 56.2 Å². The molecule has 174 valence electrons. The van der Waals surface area contributed by atoms with Gasteiger partial charge in [-0.1, -0.05) is 36.8 Å². The minimum Gasteiger partial charge on any atom is -0.450 e. The lowest BCUT2D eigenvalue weighted by atomic mass is 9.84. The van der Waals surface area contributed by atoms with Crippen LogP contribution in [0.1, 0.15) is 46.2 Å². The van der Waals surface area contributed by atoms with Gasteiger partial charge in [0.2, 0.25) is 5.76 Å². The Morgan fingerprint density at radius 1 is 0.971 bits per heavy atom. The Kier molecular flexibility index (Phi) is 4.48. The van der Waals surface area contributed by atoms with Crippen molar-refractivity contribution in [3.05, 3.63) is 99.0 Å². The van der Waals surface area contributed by atoms with Gasteiger partial charge in [-0.25, -0.2) is 4.98 Å². The summed E-state index contributed by atoms with van der Waals surface area (Å²) in [5, 5.41) is 0.342. The van der Waals surface area contributed by atoms with E-state index in [1.54, 1.807) is 29.3 Å². The molecule has 1 atom stereocenters. The molecule has 7 heteroatoms. The van der Waals surface area contributed by atoms with Gasteiger partial charge in [0, 0.05) is 18.3 Å². The van der Waals surface area contributed by atoms with E-state index in [1.807, 2.05) is 57.2 Å². The third kappa shape index (κ3) is 2.66. The second-order valence-corrected chi connectivity index (χ2v) is 9.15. The van der Waals surface area contributed by atoms with Gasteiger partial charge in [-0.2, -0.15) is 0 Å². The average molecular weight is 466 g/mol. The van der Waals surface area contributed by atoms with E-state index in [0.29, 0.717) is 41.0 Å². The van der Waals surface area contributed by atoms with E-state index in [0.717, 1.165) is 11.1 Å². The monoisotopic (exact) mass is 465 g/mol. The minimum absolute atomic E-state index is 0.0555. The molecule has 0 fully saturated rings. The van der Waals surface area contributed by atoms with Crippen LogP contribution in [0.2, 0.25) is 0 Å². The number of nitrogens with zero attached hydrogens (tertiary/aromatic N) is 3. The topological polar surface area (TPSA) is 83.7 Å². The molecule has 4 aromatic rings. The molecule has 2 aliphatic heterocycles. The van der Waals surface area contributed by atoms with E-state index in [2.05, 4.69) is 4.98 Å². The highest BCUT2D eigenvalue weighted by molar-refractivity contribution is 6.24. The van der Waals surface area contributed by atoms with E-state index in [1.165, 1.54) is 4.90 Å². The number of anilines is 2. The first-order chi connectivity index (χ1) is 16.9. The van der Waals surface area contributed by atoms with Crippen molar-refractivity contribution < 1.29 is 14.0 Å². The number of carbonyl (C=O) groups excluding carboxylic acids is 2. The molecule has 2 amide bonds. The minimum atomic E-state index is -1.70. The predicted octanol–water partition coefficient (Wildman–Crippen LogP) is 4.47. The molecule has 0 bridgehead atoms. The molecule has 7 nitrogen and oxygen atoms in total. The van der Waals surface area contributed by atoms with Gasteiger partial charge in [0.1, 0.15) is 11.4 Å². The van der Waals surface area contributed by atoms with Crippen LogP contribution in [-0.2, 0) is 10.3 Å². The molecule has 4 heterocycles. The second kappa shape index (κ2) is 7.37. The van der Waals surface area contributed by atoms with Gasteiger partial charge in [0.05, 0.1) is 16.6 Å². The van der Waals surface area contributed by atoms with Gasteiger partial charge < -0.3 is 9.32 Å². The zero-order valence-corrected chi connectivity index (χ0v) is 19.7. The van der Waals surface area contributed by atoms with Gasteiger partial charge in [0.15, 0.2) is 11.0 Å². The summed E-state index contributed by atoms with van der Waals surface area (Å²) in [6, 6.07) is 16.2. The summed E-state index contributed by atoms with van der Waals surface area (Å²) < 4.78 is 6.09. The molecule has 0 aliphatic carbocycles. The largest absolute Gasteiger partial charge is 0.450 e. The number of carbonyl (C=O) groups is 2. The average Bonchev–Trinajstić information content (AvgIpc) is 3.25. The number of pyridine rings is 1. The fourth-order valence-corrected chi connectivity index (χ4v) is 5.41. The van der Waals surface area contributed by atoms with Crippen molar-refractivity contribution in [3.8, 4) is 0 Å². The molecule has 0 saturated carbocycles. The Balaban J connectivity index is 1.79. The smallest absolute Gasteiger partial charge is 0.297 e. The normalized spacial score (nSPS) is 18.6. The van der Waals surface area contributed by atoms with Gasteiger partial charge in [-0.3, -0.25) is 19.3 Å². The molecule has 35 heavy (non-hydrogen) atoms. The molecular formula is C28H23N3O4. The number of fused-ring (bicyclic) bond motifs is 5. The van der Waals surface area contributed by atoms with Crippen molar-refractivity contribution in [3.63, 3.8) is 0 Å². The number of hydrogen-bond donors (Lipinski definition) is 0. The second-order valence-electron chi connectivity index (χ2n) is 9.15. The molecule has 1 spiro atoms. The lowest BCUT2D eigenvalue weighted by Gasteiger charge is -2.33. The highest BCUT2D eigenvalue weighted by atomic mass is 16.3. The quantitative estimate of drug-likeness (QED) is 0.446. The van der Waals surface area contributed by atoms with Crippen molar-refractivity contribution >= 4 is 34.3 Å². The highest BCUT2D eigenvalue weighted by Crippen LogP contribution is 2.53. The van der Waals surface area contributed by atoms with Gasteiger partial charge >= 0.3 is 0 Å². The highest BCUT2D eigenvalue weighted by Gasteiger charge is 2.65. The maximum absolute atomic E-state index is 14.4. The Bertz CT molecular complexity index is 1620. The van der Waals surface area contributed by atoms with Crippen molar-refractivity contribution in [2.24, 2.45) is 0 Å². The molecule has 6 rings (SSSR count). The first-order valence-electron chi connectivity index (χ1n) is 11.7. The third-order valence-corrected chi connectivity index (χ3v) is 6.86. The van der Waals surface area contributed by atoms with Crippen molar-refractivity contribution in [1.29, 1.82) is 0 Å². The van der Waals surface area contributed by atoms with Crippen LogP contribution in [-0.4, -0.2) is 23.3 Å². The first kappa shape index (κ1) is 21.3. The first-order valence-corrected chi connectivity index (χ1v) is 11.7. The maximum atomic E-state index is 14.4. The summed E-state index contributed by atoms with van der Waals surface area (Å²) in [6.45, 7) is 6.21. The SMILES string of the molecule is CCCN1C(=O)C2(c3ccccc31)c1c(oc3ccc(C)cc3c1=O)C(=O)N2c1cc(C)ccn1. The molecule has 0 saturated heterocycles. The predicted molar refractivity (Wildman–Crippen MR) is 133 cm³/mol. The van der Waals surface area contributed by atoms with Crippen molar-refractivity contribution in [2.75, 3.05) is 16.3 Å². The molecular weight excluding hydrogens is 442 g/mol. The number of aromatic nitrogens is 1. The third-order valence-electron chi connectivity index (χ3n) is 6.86. The summed E-state index contributed by atoms with van der Waals surface area (Å²) in [5.74, 6) is -0.729. The van der Waals surface area contributed by atoms with E-state index >= 15 is 0 Å². The molecule has 2 aliphatic rings. The summed E-state index contributed by atoms with van der Waals surface area (Å²) in [6.07, 6.45) is 2.31. The number of amides is 2. The van der Waals surface area contributed by atoms with Crippen LogP contribution in [0.25, 0.3) is 11.0 Å². The number of rotatable bonds is 3. The van der Waals surface area contributed by atoms with Gasteiger partial charge in [-0.15, -0.1) is 0 Å². The number of hydrogen-bond acceptors (Lipinski definition) is 5. The lowest BCUT2D eigenvalue weighted by molar-refractivity contribution is -0.121. The van der Waals surface area contributed by atoms with Crippen molar-refractivity contribution in [2.45, 2.75) is 32.7 Å². The number of para-hydroxylation sites is 1. The van der Waals surface area contributed by atoms with E-state index in [-0.39, 0.29) is 22.7 Å². The molecule has 0 N–H and O–H groups in total. The van der Waals surface area contributed by atoms with E-state index in [4.69, 9.17) is 4.42 Å². The van der Waals surface area contributed by atoms with Crippen LogP contribution in [0.3, 0.4) is 0 Å². The fourth-order valence-electron chi connectivity index (χ4n) is 5.41. The molecule has 2 aromatic heterocycles. The summed E-state index contributed by atoms with van der Waals surface area (Å²) >= 11 is 0. The lowest BCUT2D eigenvalue weighted by Crippen LogP contribution is -2.54. The molecule has 0 radical (unpaired) electrons. The number of benzene rings is 2. The van der Waals surface area contributed by atoms with Crippen LogP contribution < -0.4 is 15.2 Å². The molecule has 1 unspecified atom stereocenters. The van der Waals surface area contributed by atoms with Crippen LogP contribution in [0, 0.1) is 13.8 Å². The molecule has 2 aromatic carbocycles. The van der Waals surface area contributed by atoms with Gasteiger partial charge in [0.25, 0.3) is 11.8 Å². The Hall–Kier alpha value is -4.26. The maximum Gasteiger partial charge on any atom is 0.297 e. The summed E-state index contributed by atoms with van der Waals surface area (Å²) in [7, 11) is 0. The Labute approximate surface area is 201 Å². The zero-order chi connectivity index (χ0) is 24.5. The Morgan fingerprint density at radius 2 is 1.74 bits per heavy atom. The van der Waals surface area contributed by atoms with Crippen LogP contribution in [0.4, 0.5) is 11.5 Å². The summed E-state index contributed by atoms with van der Waals surface area (Å²) in [5.41, 5.74) is 1.30. The fraction of sp³-hybridized carbons (Fsp3) is 0.214. The van der Waals surface area contributed by atoms with Crippen LogP contribution in [0.5, 0.6) is 0 Å². The van der Waals surface area contributed by atoms with E-state index in [9.17, 15) is 14.4 Å².